The molecule has 0 bridgehead atoms. The Kier molecular flexibility index (Phi) is 3.53. The molecule has 2 atom stereocenters. The largest absolute Gasteiger partial charge is 0.478 e. The summed E-state index contributed by atoms with van der Waals surface area (Å²) in [6.07, 6.45) is 1.58. The third-order valence-corrected chi connectivity index (χ3v) is 5.66. The van der Waals surface area contributed by atoms with E-state index >= 15 is 0 Å². The Labute approximate surface area is 142 Å². The van der Waals surface area contributed by atoms with E-state index < -0.39 is 5.97 Å². The van der Waals surface area contributed by atoms with Crippen molar-refractivity contribution in [2.24, 2.45) is 0 Å². The normalized spacial score (nSPS) is 19.5. The fraction of sp³-hybridized carbons (Fsp3) is 0.263. The van der Waals surface area contributed by atoms with E-state index in [0.717, 1.165) is 12.2 Å². The van der Waals surface area contributed by atoms with Gasteiger partial charge in [0.15, 0.2) is 5.43 Å². The van der Waals surface area contributed by atoms with Crippen LogP contribution in [0.3, 0.4) is 0 Å². The minimum absolute atomic E-state index is 0.103. The number of hydrogen-bond donors (Lipinski definition) is 1. The molecule has 24 heavy (non-hydrogen) atoms. The van der Waals surface area contributed by atoms with Crippen molar-refractivity contribution in [1.29, 1.82) is 0 Å². The number of hydrogen-bond acceptors (Lipinski definition) is 4. The van der Waals surface area contributed by atoms with Gasteiger partial charge in [-0.25, -0.2) is 4.79 Å². The molecule has 2 heterocycles. The van der Waals surface area contributed by atoms with Crippen molar-refractivity contribution in [2.75, 3.05) is 0 Å². The van der Waals surface area contributed by atoms with Gasteiger partial charge in [-0.3, -0.25) is 4.79 Å². The number of aromatic carboxylic acids is 1. The summed E-state index contributed by atoms with van der Waals surface area (Å²) in [6, 6.07) is 8.65. The summed E-state index contributed by atoms with van der Waals surface area (Å²) in [6.45, 7) is 1.94. The van der Waals surface area contributed by atoms with E-state index in [0.29, 0.717) is 28.9 Å². The zero-order chi connectivity index (χ0) is 16.8. The number of rotatable bonds is 4. The van der Waals surface area contributed by atoms with Crippen molar-refractivity contribution in [3.8, 4) is 0 Å². The summed E-state index contributed by atoms with van der Waals surface area (Å²) in [5, 5.41) is 11.5. The van der Waals surface area contributed by atoms with Crippen LogP contribution in [0.4, 0.5) is 0 Å². The molecule has 1 saturated carbocycles. The van der Waals surface area contributed by atoms with Gasteiger partial charge in [0, 0.05) is 22.3 Å². The Bertz CT molecular complexity index is 985. The lowest BCUT2D eigenvalue weighted by atomic mass is 10.0. The van der Waals surface area contributed by atoms with E-state index in [1.165, 1.54) is 17.0 Å². The quantitative estimate of drug-likeness (QED) is 0.765. The first-order valence-electron chi connectivity index (χ1n) is 7.96. The minimum Gasteiger partial charge on any atom is -0.478 e. The van der Waals surface area contributed by atoms with E-state index in [1.54, 1.807) is 17.4 Å². The maximum Gasteiger partial charge on any atom is 0.335 e. The number of carbonyl (C=O) groups is 1. The Balaban J connectivity index is 1.84. The molecule has 0 radical (unpaired) electrons. The van der Waals surface area contributed by atoms with Crippen LogP contribution in [0.25, 0.3) is 11.0 Å². The van der Waals surface area contributed by atoms with Gasteiger partial charge in [0.2, 0.25) is 0 Å². The molecule has 122 valence electrons. The van der Waals surface area contributed by atoms with Crippen LogP contribution in [0.1, 0.15) is 51.7 Å². The van der Waals surface area contributed by atoms with Crippen LogP contribution in [0.5, 0.6) is 0 Å². The molecule has 4 nitrogen and oxygen atoms in total. The van der Waals surface area contributed by atoms with Gasteiger partial charge < -0.3 is 9.52 Å². The SMILES string of the molecule is CCc1c(C2CC2c2cccs2)oc2ccc(C(=O)O)cc2c1=O. The van der Waals surface area contributed by atoms with Crippen LogP contribution in [0.15, 0.2) is 44.9 Å². The highest BCUT2D eigenvalue weighted by Gasteiger charge is 2.43. The molecule has 1 fully saturated rings. The molecule has 5 heteroatoms. The Morgan fingerprint density at radius 3 is 2.83 bits per heavy atom. The lowest BCUT2D eigenvalue weighted by Crippen LogP contribution is -2.12. The van der Waals surface area contributed by atoms with Crippen molar-refractivity contribution in [2.45, 2.75) is 31.6 Å². The number of benzene rings is 1. The first-order valence-corrected chi connectivity index (χ1v) is 8.84. The molecule has 0 spiro atoms. The molecule has 1 N–H and O–H groups in total. The second kappa shape index (κ2) is 5.60. The van der Waals surface area contributed by atoms with E-state index in [4.69, 9.17) is 9.52 Å². The van der Waals surface area contributed by atoms with Crippen LogP contribution in [-0.4, -0.2) is 11.1 Å². The monoisotopic (exact) mass is 340 g/mol. The zero-order valence-electron chi connectivity index (χ0n) is 13.1. The first kappa shape index (κ1) is 15.1. The average Bonchev–Trinajstić information content (AvgIpc) is 3.18. The summed E-state index contributed by atoms with van der Waals surface area (Å²) in [7, 11) is 0. The van der Waals surface area contributed by atoms with Gasteiger partial charge >= 0.3 is 5.97 Å². The third-order valence-electron chi connectivity index (χ3n) is 4.65. The van der Waals surface area contributed by atoms with Crippen molar-refractivity contribution in [3.63, 3.8) is 0 Å². The number of fused-ring (bicyclic) bond motifs is 1. The fourth-order valence-electron chi connectivity index (χ4n) is 3.32. The molecular weight excluding hydrogens is 324 g/mol. The van der Waals surface area contributed by atoms with Gasteiger partial charge in [-0.2, -0.15) is 0 Å². The summed E-state index contributed by atoms with van der Waals surface area (Å²) in [5.74, 6) is 0.402. The standard InChI is InChI=1S/C19H16O4S/c1-2-11-17(20)14-8-10(19(21)22)5-6-15(14)23-18(11)13-9-12(13)16-4-3-7-24-16/h3-8,12-13H,2,9H2,1H3,(H,21,22). The molecule has 1 aliphatic rings. The molecule has 4 rings (SSSR count). The maximum absolute atomic E-state index is 12.8. The summed E-state index contributed by atoms with van der Waals surface area (Å²) in [4.78, 5) is 25.3. The topological polar surface area (TPSA) is 67.5 Å². The van der Waals surface area contributed by atoms with Gasteiger partial charge in [0.25, 0.3) is 0 Å². The Morgan fingerprint density at radius 2 is 2.17 bits per heavy atom. The molecule has 0 saturated heterocycles. The molecule has 1 aliphatic carbocycles. The smallest absolute Gasteiger partial charge is 0.335 e. The summed E-state index contributed by atoms with van der Waals surface area (Å²) in [5.41, 5.74) is 1.14. The lowest BCUT2D eigenvalue weighted by Gasteiger charge is -2.09. The summed E-state index contributed by atoms with van der Waals surface area (Å²) >= 11 is 1.73. The molecule has 3 aromatic rings. The third kappa shape index (κ3) is 2.36. The number of carboxylic acids is 1. The van der Waals surface area contributed by atoms with Crippen LogP contribution >= 0.6 is 11.3 Å². The molecule has 0 amide bonds. The lowest BCUT2D eigenvalue weighted by molar-refractivity contribution is 0.0697. The average molecular weight is 340 g/mol. The zero-order valence-corrected chi connectivity index (χ0v) is 13.9. The van der Waals surface area contributed by atoms with E-state index in [1.807, 2.05) is 13.0 Å². The van der Waals surface area contributed by atoms with Crippen molar-refractivity contribution in [3.05, 3.63) is 67.7 Å². The molecule has 0 aliphatic heterocycles. The second-order valence-corrected chi connectivity index (χ2v) is 7.09. The van der Waals surface area contributed by atoms with Crippen molar-refractivity contribution < 1.29 is 14.3 Å². The van der Waals surface area contributed by atoms with Gasteiger partial charge in [-0.05, 0) is 42.5 Å². The van der Waals surface area contributed by atoms with Crippen molar-refractivity contribution in [1.82, 2.24) is 0 Å². The molecular formula is C19H16O4S. The molecule has 1 aromatic carbocycles. The van der Waals surface area contributed by atoms with E-state index in [2.05, 4.69) is 11.4 Å². The van der Waals surface area contributed by atoms with E-state index in [9.17, 15) is 9.59 Å². The van der Waals surface area contributed by atoms with Crippen LogP contribution < -0.4 is 5.43 Å². The van der Waals surface area contributed by atoms with Crippen molar-refractivity contribution >= 4 is 28.3 Å². The number of thiophene rings is 1. The van der Waals surface area contributed by atoms with E-state index in [-0.39, 0.29) is 16.9 Å². The predicted molar refractivity (Wildman–Crippen MR) is 93.2 cm³/mol. The Morgan fingerprint density at radius 1 is 1.33 bits per heavy atom. The van der Waals surface area contributed by atoms with Gasteiger partial charge in [0.1, 0.15) is 11.3 Å². The first-order chi connectivity index (χ1) is 11.6. The van der Waals surface area contributed by atoms with Crippen LogP contribution in [-0.2, 0) is 6.42 Å². The van der Waals surface area contributed by atoms with Gasteiger partial charge in [-0.1, -0.05) is 13.0 Å². The fourth-order valence-corrected chi connectivity index (χ4v) is 4.23. The van der Waals surface area contributed by atoms with Crippen LogP contribution in [0.2, 0.25) is 0 Å². The predicted octanol–water partition coefficient (Wildman–Crippen LogP) is 4.39. The highest BCUT2D eigenvalue weighted by molar-refractivity contribution is 7.10. The Hall–Kier alpha value is -2.40. The van der Waals surface area contributed by atoms with Gasteiger partial charge in [0.05, 0.1) is 10.9 Å². The minimum atomic E-state index is -1.04. The number of carboxylic acid groups (broad SMARTS) is 1. The maximum atomic E-state index is 12.8. The molecule has 2 aromatic heterocycles. The van der Waals surface area contributed by atoms with Crippen LogP contribution in [0, 0.1) is 0 Å². The second-order valence-electron chi connectivity index (χ2n) is 6.11. The highest BCUT2D eigenvalue weighted by atomic mass is 32.1. The summed E-state index contributed by atoms with van der Waals surface area (Å²) < 4.78 is 6.06. The van der Waals surface area contributed by atoms with Gasteiger partial charge in [-0.15, -0.1) is 11.3 Å². The molecule has 2 unspecified atom stereocenters. The highest BCUT2D eigenvalue weighted by Crippen LogP contribution is 2.56.